The first-order chi connectivity index (χ1) is 16.6. The van der Waals surface area contributed by atoms with Crippen LogP contribution in [0.25, 0.3) is 0 Å². The summed E-state index contributed by atoms with van der Waals surface area (Å²) in [6.07, 6.45) is -0.00256. The highest BCUT2D eigenvalue weighted by Crippen LogP contribution is 2.29. The number of hydrogen-bond donors (Lipinski definition) is 1. The smallest absolute Gasteiger partial charge is 0.264 e. The van der Waals surface area contributed by atoms with E-state index in [0.717, 1.165) is 21.0 Å². The van der Waals surface area contributed by atoms with Gasteiger partial charge in [0.1, 0.15) is 6.54 Å². The molecule has 0 radical (unpaired) electrons. The van der Waals surface area contributed by atoms with Gasteiger partial charge in [0, 0.05) is 6.54 Å². The van der Waals surface area contributed by atoms with Gasteiger partial charge in [-0.15, -0.1) is 0 Å². The summed E-state index contributed by atoms with van der Waals surface area (Å²) in [6, 6.07) is 19.0. The SMILES string of the molecule is COc1cc(CNC(=O)CN(c2ccc(C)cc2C)S(=O)(=O)c2ccccc2)ccc1OC(C)C. The quantitative estimate of drug-likeness (QED) is 0.443. The second-order valence-electron chi connectivity index (χ2n) is 8.54. The summed E-state index contributed by atoms with van der Waals surface area (Å²) >= 11 is 0. The van der Waals surface area contributed by atoms with Crippen LogP contribution < -0.4 is 19.1 Å². The van der Waals surface area contributed by atoms with E-state index in [-0.39, 0.29) is 24.1 Å². The average Bonchev–Trinajstić information content (AvgIpc) is 2.82. The summed E-state index contributed by atoms with van der Waals surface area (Å²) in [6.45, 7) is 7.49. The Morgan fingerprint density at radius 1 is 0.971 bits per heavy atom. The zero-order valence-electron chi connectivity index (χ0n) is 20.7. The highest BCUT2D eigenvalue weighted by Gasteiger charge is 2.28. The van der Waals surface area contributed by atoms with Crippen LogP contribution in [0.15, 0.2) is 71.6 Å². The van der Waals surface area contributed by atoms with Gasteiger partial charge in [-0.25, -0.2) is 8.42 Å². The fraction of sp³-hybridized carbons (Fsp3) is 0.296. The van der Waals surface area contributed by atoms with Crippen molar-refractivity contribution in [3.05, 3.63) is 83.4 Å². The van der Waals surface area contributed by atoms with Gasteiger partial charge in [-0.1, -0.05) is 42.0 Å². The Morgan fingerprint density at radius 2 is 1.69 bits per heavy atom. The predicted octanol–water partition coefficient (Wildman–Crippen LogP) is 4.61. The van der Waals surface area contributed by atoms with E-state index in [4.69, 9.17) is 9.47 Å². The normalized spacial score (nSPS) is 11.3. The molecule has 1 N–H and O–H groups in total. The number of amides is 1. The molecule has 3 aromatic rings. The minimum Gasteiger partial charge on any atom is -0.493 e. The standard InChI is InChI=1S/C27H32N2O5S/c1-19(2)34-25-14-12-22(16-26(25)33-5)17-28-27(30)18-29(24-13-11-20(3)15-21(24)4)35(31,32)23-9-7-6-8-10-23/h6-16,19H,17-18H2,1-5H3,(H,28,30). The van der Waals surface area contributed by atoms with Gasteiger partial charge in [0.05, 0.1) is 23.8 Å². The lowest BCUT2D eigenvalue weighted by Crippen LogP contribution is -2.41. The van der Waals surface area contributed by atoms with Crippen molar-refractivity contribution < 1.29 is 22.7 Å². The number of aryl methyl sites for hydroxylation is 2. The van der Waals surface area contributed by atoms with E-state index in [1.54, 1.807) is 43.5 Å². The molecule has 3 aromatic carbocycles. The van der Waals surface area contributed by atoms with Gasteiger partial charge < -0.3 is 14.8 Å². The molecule has 0 aliphatic rings. The first kappa shape index (κ1) is 26.1. The molecule has 8 heteroatoms. The van der Waals surface area contributed by atoms with Gasteiger partial charge in [-0.2, -0.15) is 0 Å². The van der Waals surface area contributed by atoms with Crippen molar-refractivity contribution >= 4 is 21.6 Å². The third-order valence-corrected chi connectivity index (χ3v) is 7.09. The van der Waals surface area contributed by atoms with Crippen LogP contribution in [-0.4, -0.2) is 34.1 Å². The maximum atomic E-state index is 13.5. The van der Waals surface area contributed by atoms with Gasteiger partial charge in [0.25, 0.3) is 10.0 Å². The number of rotatable bonds is 10. The molecule has 3 rings (SSSR count). The minimum atomic E-state index is -3.96. The van der Waals surface area contributed by atoms with Crippen LogP contribution in [0.4, 0.5) is 5.69 Å². The Morgan fingerprint density at radius 3 is 2.31 bits per heavy atom. The number of nitrogens with one attached hydrogen (secondary N) is 1. The number of carbonyl (C=O) groups is 1. The lowest BCUT2D eigenvalue weighted by Gasteiger charge is -2.26. The molecule has 0 bridgehead atoms. The van der Waals surface area contributed by atoms with Crippen LogP contribution in [0.1, 0.15) is 30.5 Å². The van der Waals surface area contributed by atoms with Crippen molar-refractivity contribution in [2.45, 2.75) is 45.2 Å². The van der Waals surface area contributed by atoms with Crippen molar-refractivity contribution in [1.29, 1.82) is 0 Å². The van der Waals surface area contributed by atoms with Crippen LogP contribution in [0.3, 0.4) is 0 Å². The van der Waals surface area contributed by atoms with Crippen molar-refractivity contribution in [1.82, 2.24) is 5.32 Å². The van der Waals surface area contributed by atoms with E-state index in [2.05, 4.69) is 5.32 Å². The van der Waals surface area contributed by atoms with E-state index in [0.29, 0.717) is 17.2 Å². The minimum absolute atomic E-state index is 0.00256. The maximum absolute atomic E-state index is 13.5. The average molecular weight is 497 g/mol. The molecule has 0 saturated heterocycles. The zero-order valence-corrected chi connectivity index (χ0v) is 21.6. The van der Waals surface area contributed by atoms with Gasteiger partial charge >= 0.3 is 0 Å². The zero-order chi connectivity index (χ0) is 25.6. The predicted molar refractivity (Wildman–Crippen MR) is 137 cm³/mol. The topological polar surface area (TPSA) is 84.9 Å². The number of ether oxygens (including phenoxy) is 2. The molecule has 0 saturated carbocycles. The lowest BCUT2D eigenvalue weighted by atomic mass is 10.1. The molecule has 186 valence electrons. The molecule has 35 heavy (non-hydrogen) atoms. The number of hydrogen-bond acceptors (Lipinski definition) is 5. The first-order valence-corrected chi connectivity index (χ1v) is 12.8. The molecule has 7 nitrogen and oxygen atoms in total. The Bertz CT molecular complexity index is 1270. The fourth-order valence-electron chi connectivity index (χ4n) is 3.66. The number of benzene rings is 3. The Balaban J connectivity index is 1.82. The summed E-state index contributed by atoms with van der Waals surface area (Å²) in [5.74, 6) is 0.757. The van der Waals surface area contributed by atoms with Crippen LogP contribution in [0.5, 0.6) is 11.5 Å². The van der Waals surface area contributed by atoms with Crippen molar-refractivity contribution in [3.8, 4) is 11.5 Å². The first-order valence-electron chi connectivity index (χ1n) is 11.4. The highest BCUT2D eigenvalue weighted by atomic mass is 32.2. The summed E-state index contributed by atoms with van der Waals surface area (Å²) in [4.78, 5) is 13.1. The van der Waals surface area contributed by atoms with Crippen molar-refractivity contribution in [2.24, 2.45) is 0 Å². The maximum Gasteiger partial charge on any atom is 0.264 e. The van der Waals surface area contributed by atoms with E-state index in [1.165, 1.54) is 12.1 Å². The molecular formula is C27H32N2O5S. The monoisotopic (exact) mass is 496 g/mol. The van der Waals surface area contributed by atoms with Crippen LogP contribution in [0.2, 0.25) is 0 Å². The third-order valence-electron chi connectivity index (χ3n) is 5.32. The molecule has 0 aliphatic carbocycles. The van der Waals surface area contributed by atoms with E-state index in [9.17, 15) is 13.2 Å². The summed E-state index contributed by atoms with van der Waals surface area (Å²) in [7, 11) is -2.40. The number of methoxy groups -OCH3 is 1. The van der Waals surface area contributed by atoms with Gasteiger partial charge in [-0.3, -0.25) is 9.10 Å². The fourth-order valence-corrected chi connectivity index (χ4v) is 5.17. The van der Waals surface area contributed by atoms with Crippen molar-refractivity contribution in [2.75, 3.05) is 18.0 Å². The lowest BCUT2D eigenvalue weighted by molar-refractivity contribution is -0.119. The van der Waals surface area contributed by atoms with Gasteiger partial charge in [0.15, 0.2) is 11.5 Å². The van der Waals surface area contributed by atoms with Crippen LogP contribution in [0, 0.1) is 13.8 Å². The Hall–Kier alpha value is -3.52. The number of nitrogens with zero attached hydrogens (tertiary/aromatic N) is 1. The molecule has 0 atom stereocenters. The second kappa shape index (κ2) is 11.3. The highest BCUT2D eigenvalue weighted by molar-refractivity contribution is 7.92. The molecular weight excluding hydrogens is 464 g/mol. The number of anilines is 1. The Labute approximate surface area is 207 Å². The number of sulfonamides is 1. The molecule has 0 fully saturated rings. The third kappa shape index (κ3) is 6.54. The van der Waals surface area contributed by atoms with Crippen molar-refractivity contribution in [3.63, 3.8) is 0 Å². The molecule has 0 aliphatic heterocycles. The Kier molecular flexibility index (Phi) is 8.40. The van der Waals surface area contributed by atoms with Crippen LogP contribution >= 0.6 is 0 Å². The van der Waals surface area contributed by atoms with Crippen LogP contribution in [-0.2, 0) is 21.4 Å². The van der Waals surface area contributed by atoms with Gasteiger partial charge in [0.2, 0.25) is 5.91 Å². The summed E-state index contributed by atoms with van der Waals surface area (Å²) in [5.41, 5.74) is 3.04. The molecule has 0 spiro atoms. The largest absolute Gasteiger partial charge is 0.493 e. The number of carbonyl (C=O) groups excluding carboxylic acids is 1. The van der Waals surface area contributed by atoms with E-state index < -0.39 is 15.9 Å². The molecule has 1 amide bonds. The second-order valence-corrected chi connectivity index (χ2v) is 10.4. The molecule has 0 heterocycles. The molecule has 0 aromatic heterocycles. The molecule has 0 unspecified atom stereocenters. The van der Waals surface area contributed by atoms with Gasteiger partial charge in [-0.05, 0) is 69.2 Å². The summed E-state index contributed by atoms with van der Waals surface area (Å²) in [5, 5.41) is 2.82. The van der Waals surface area contributed by atoms with E-state index >= 15 is 0 Å². The summed E-state index contributed by atoms with van der Waals surface area (Å²) < 4.78 is 39.3. The van der Waals surface area contributed by atoms with E-state index in [1.807, 2.05) is 45.9 Å².